The van der Waals surface area contributed by atoms with E-state index in [1.807, 2.05) is 6.92 Å². The van der Waals surface area contributed by atoms with Crippen molar-refractivity contribution in [2.45, 2.75) is 38.5 Å². The highest BCUT2D eigenvalue weighted by Gasteiger charge is 2.30. The molecule has 0 spiro atoms. The fourth-order valence-corrected chi connectivity index (χ4v) is 2.24. The predicted octanol–water partition coefficient (Wildman–Crippen LogP) is 3.23. The van der Waals surface area contributed by atoms with Crippen molar-refractivity contribution in [2.75, 3.05) is 0 Å². The number of carboxylic acid groups (broad SMARTS) is 1. The van der Waals surface area contributed by atoms with Gasteiger partial charge in [0.1, 0.15) is 6.04 Å². The van der Waals surface area contributed by atoms with E-state index in [1.54, 1.807) is 12.4 Å². The second-order valence-electron chi connectivity index (χ2n) is 5.40. The fraction of sp³-hybridized carbons (Fsp3) is 0.375. The van der Waals surface area contributed by atoms with Crippen LogP contribution in [0, 0.1) is 0 Å². The van der Waals surface area contributed by atoms with Crippen LogP contribution in [0.25, 0.3) is 5.69 Å². The molecule has 1 atom stereocenters. The molecule has 0 aliphatic heterocycles. The number of halogens is 3. The topological polar surface area (TPSA) is 67.2 Å². The third-order valence-electron chi connectivity index (χ3n) is 3.52. The molecule has 1 unspecified atom stereocenters. The molecule has 0 bridgehead atoms. The molecule has 0 aliphatic rings. The second-order valence-corrected chi connectivity index (χ2v) is 5.40. The summed E-state index contributed by atoms with van der Waals surface area (Å²) in [6.45, 7) is 2.22. The molecule has 1 aromatic heterocycles. The molecule has 8 heteroatoms. The van der Waals surface area contributed by atoms with Gasteiger partial charge in [-0.25, -0.2) is 4.68 Å². The van der Waals surface area contributed by atoms with Gasteiger partial charge in [0.2, 0.25) is 0 Å². The maximum atomic E-state index is 12.6. The lowest BCUT2D eigenvalue weighted by atomic mass is 10.1. The smallest absolute Gasteiger partial charge is 0.416 e. The number of hydrogen-bond acceptors (Lipinski definition) is 3. The maximum Gasteiger partial charge on any atom is 0.416 e. The van der Waals surface area contributed by atoms with E-state index in [2.05, 4.69) is 10.4 Å². The first-order chi connectivity index (χ1) is 11.3. The predicted molar refractivity (Wildman–Crippen MR) is 81.7 cm³/mol. The summed E-state index contributed by atoms with van der Waals surface area (Å²) >= 11 is 0. The minimum absolute atomic E-state index is 0.317. The summed E-state index contributed by atoms with van der Waals surface area (Å²) in [6.07, 6.45) is 0.0932. The first kappa shape index (κ1) is 18.0. The molecule has 0 radical (unpaired) electrons. The Kier molecular flexibility index (Phi) is 5.61. The van der Waals surface area contributed by atoms with Crippen molar-refractivity contribution in [3.05, 3.63) is 47.8 Å². The molecule has 0 aliphatic carbocycles. The zero-order chi connectivity index (χ0) is 17.7. The summed E-state index contributed by atoms with van der Waals surface area (Å²) in [5.41, 5.74) is 0.527. The quantitative estimate of drug-likeness (QED) is 0.811. The molecule has 1 heterocycles. The van der Waals surface area contributed by atoms with Crippen LogP contribution in [-0.4, -0.2) is 26.9 Å². The van der Waals surface area contributed by atoms with Crippen LogP contribution < -0.4 is 5.32 Å². The van der Waals surface area contributed by atoms with Crippen molar-refractivity contribution < 1.29 is 23.1 Å². The number of rotatable bonds is 7. The Hall–Kier alpha value is -2.35. The van der Waals surface area contributed by atoms with Gasteiger partial charge in [0.25, 0.3) is 0 Å². The number of aromatic nitrogens is 2. The summed E-state index contributed by atoms with van der Waals surface area (Å²) in [7, 11) is 0. The standard InChI is InChI=1S/C16H18F3N3O2/c1-2-3-14(15(23)24)20-8-11-9-21-22(10-11)13-6-4-12(5-7-13)16(17,18)19/h4-7,9-10,14,20H,2-3,8H2,1H3,(H,23,24). The van der Waals surface area contributed by atoms with Gasteiger partial charge < -0.3 is 10.4 Å². The van der Waals surface area contributed by atoms with Gasteiger partial charge in [-0.2, -0.15) is 18.3 Å². The highest BCUT2D eigenvalue weighted by Crippen LogP contribution is 2.29. The van der Waals surface area contributed by atoms with E-state index in [4.69, 9.17) is 5.11 Å². The van der Waals surface area contributed by atoms with Gasteiger partial charge in [0.05, 0.1) is 17.4 Å². The zero-order valence-corrected chi connectivity index (χ0v) is 13.0. The van der Waals surface area contributed by atoms with Gasteiger partial charge >= 0.3 is 12.1 Å². The molecule has 0 fully saturated rings. The van der Waals surface area contributed by atoms with Crippen molar-refractivity contribution in [3.63, 3.8) is 0 Å². The number of benzene rings is 1. The molecule has 24 heavy (non-hydrogen) atoms. The Balaban J connectivity index is 2.04. The van der Waals surface area contributed by atoms with E-state index in [1.165, 1.54) is 16.8 Å². The molecular formula is C16H18F3N3O2. The van der Waals surface area contributed by atoms with Crippen molar-refractivity contribution in [1.29, 1.82) is 0 Å². The lowest BCUT2D eigenvalue weighted by molar-refractivity contribution is -0.140. The van der Waals surface area contributed by atoms with Crippen LogP contribution in [0.2, 0.25) is 0 Å². The molecule has 130 valence electrons. The van der Waals surface area contributed by atoms with Crippen LogP contribution in [0.15, 0.2) is 36.7 Å². The summed E-state index contributed by atoms with van der Waals surface area (Å²) in [5.74, 6) is -0.910. The number of aliphatic carboxylic acids is 1. The lowest BCUT2D eigenvalue weighted by Gasteiger charge is -2.12. The van der Waals surface area contributed by atoms with Crippen molar-refractivity contribution in [2.24, 2.45) is 0 Å². The van der Waals surface area contributed by atoms with Crippen LogP contribution in [0.3, 0.4) is 0 Å². The van der Waals surface area contributed by atoms with Crippen LogP contribution >= 0.6 is 0 Å². The van der Waals surface area contributed by atoms with Gasteiger partial charge in [-0.15, -0.1) is 0 Å². The fourth-order valence-electron chi connectivity index (χ4n) is 2.24. The zero-order valence-electron chi connectivity index (χ0n) is 13.0. The molecule has 0 saturated carbocycles. The van der Waals surface area contributed by atoms with E-state index in [9.17, 15) is 18.0 Å². The second kappa shape index (κ2) is 7.48. The molecule has 5 nitrogen and oxygen atoms in total. The summed E-state index contributed by atoms with van der Waals surface area (Å²) in [5, 5.41) is 16.1. The van der Waals surface area contributed by atoms with Gasteiger partial charge in [-0.3, -0.25) is 4.79 Å². The number of alkyl halides is 3. The van der Waals surface area contributed by atoms with Gasteiger partial charge in [-0.05, 0) is 30.7 Å². The highest BCUT2D eigenvalue weighted by atomic mass is 19.4. The molecule has 0 amide bonds. The molecular weight excluding hydrogens is 323 g/mol. The Morgan fingerprint density at radius 1 is 1.33 bits per heavy atom. The minimum Gasteiger partial charge on any atom is -0.480 e. The van der Waals surface area contributed by atoms with E-state index in [-0.39, 0.29) is 0 Å². The third-order valence-corrected chi connectivity index (χ3v) is 3.52. The SMILES string of the molecule is CCCC(NCc1cnn(-c2ccc(C(F)(F)F)cc2)c1)C(=O)O. The van der Waals surface area contributed by atoms with Crippen molar-refractivity contribution in [1.82, 2.24) is 15.1 Å². The number of hydrogen-bond donors (Lipinski definition) is 2. The highest BCUT2D eigenvalue weighted by molar-refractivity contribution is 5.73. The maximum absolute atomic E-state index is 12.6. The molecule has 2 rings (SSSR count). The van der Waals surface area contributed by atoms with E-state index >= 15 is 0 Å². The largest absolute Gasteiger partial charge is 0.480 e. The minimum atomic E-state index is -4.37. The van der Waals surface area contributed by atoms with Gasteiger partial charge in [-0.1, -0.05) is 13.3 Å². The average molecular weight is 341 g/mol. The number of carboxylic acids is 1. The third kappa shape index (κ3) is 4.58. The normalized spacial score (nSPS) is 13.0. The molecule has 0 saturated heterocycles. The van der Waals surface area contributed by atoms with Crippen molar-refractivity contribution in [3.8, 4) is 5.69 Å². The van der Waals surface area contributed by atoms with Crippen LogP contribution in [0.4, 0.5) is 13.2 Å². The van der Waals surface area contributed by atoms with Gasteiger partial charge in [0.15, 0.2) is 0 Å². The van der Waals surface area contributed by atoms with Gasteiger partial charge in [0, 0.05) is 18.3 Å². The number of nitrogens with zero attached hydrogens (tertiary/aromatic N) is 2. The van der Waals surface area contributed by atoms with Crippen LogP contribution in [0.5, 0.6) is 0 Å². The molecule has 1 aromatic carbocycles. The Morgan fingerprint density at radius 3 is 2.54 bits per heavy atom. The van der Waals surface area contributed by atoms with E-state index in [0.29, 0.717) is 18.7 Å². The van der Waals surface area contributed by atoms with Crippen LogP contribution in [0.1, 0.15) is 30.9 Å². The Morgan fingerprint density at radius 2 is 2.00 bits per heavy atom. The lowest BCUT2D eigenvalue weighted by Crippen LogP contribution is -2.35. The summed E-state index contributed by atoms with van der Waals surface area (Å²) < 4.78 is 39.1. The molecule has 2 N–H and O–H groups in total. The Labute approximate surface area is 137 Å². The first-order valence-corrected chi connectivity index (χ1v) is 7.48. The van der Waals surface area contributed by atoms with Crippen LogP contribution in [-0.2, 0) is 17.5 Å². The number of carbonyl (C=O) groups is 1. The molecule has 2 aromatic rings. The van der Waals surface area contributed by atoms with E-state index in [0.717, 1.165) is 24.1 Å². The number of nitrogens with one attached hydrogen (secondary N) is 1. The monoisotopic (exact) mass is 341 g/mol. The average Bonchev–Trinajstić information content (AvgIpc) is 2.99. The summed E-state index contributed by atoms with van der Waals surface area (Å²) in [6, 6.07) is 4.03. The Bertz CT molecular complexity index is 681. The van der Waals surface area contributed by atoms with Crippen molar-refractivity contribution >= 4 is 5.97 Å². The summed E-state index contributed by atoms with van der Waals surface area (Å²) in [4.78, 5) is 11.1. The van der Waals surface area contributed by atoms with E-state index < -0.39 is 23.8 Å². The first-order valence-electron chi connectivity index (χ1n) is 7.48.